The van der Waals surface area contributed by atoms with Crippen molar-refractivity contribution in [2.24, 2.45) is 0 Å². The Balaban J connectivity index is 2.04. The monoisotopic (exact) mass is 294 g/mol. The van der Waals surface area contributed by atoms with Gasteiger partial charge in [0.2, 0.25) is 5.95 Å². The average molecular weight is 294 g/mol. The number of anilines is 2. The van der Waals surface area contributed by atoms with Crippen LogP contribution in [0.25, 0.3) is 10.2 Å². The van der Waals surface area contributed by atoms with Crippen LogP contribution in [0.15, 0.2) is 11.4 Å². The lowest BCUT2D eigenvalue weighted by Gasteiger charge is -2.38. The van der Waals surface area contributed by atoms with Crippen molar-refractivity contribution in [3.63, 3.8) is 0 Å². The molecule has 1 fully saturated rings. The molecule has 3 heterocycles. The number of nitrogens with zero attached hydrogens (tertiary/aromatic N) is 3. The minimum absolute atomic E-state index is 0.0277. The lowest BCUT2D eigenvalue weighted by Crippen LogP contribution is -2.50. The Morgan fingerprint density at radius 1 is 1.55 bits per heavy atom. The maximum atomic E-state index is 9.32. The highest BCUT2D eigenvalue weighted by Gasteiger charge is 2.28. The number of hydrogen-bond acceptors (Lipinski definition) is 7. The molecule has 7 heteroatoms. The fourth-order valence-corrected chi connectivity index (χ4v) is 3.15. The summed E-state index contributed by atoms with van der Waals surface area (Å²) in [6, 6.07) is 2.27. The smallest absolute Gasteiger partial charge is 0.225 e. The van der Waals surface area contributed by atoms with E-state index in [1.165, 1.54) is 0 Å². The molecule has 0 saturated carbocycles. The summed E-state index contributed by atoms with van der Waals surface area (Å²) in [6.45, 7) is 3.37. The molecule has 0 bridgehead atoms. The molecule has 1 aliphatic rings. The topological polar surface area (TPSA) is 70.5 Å². The summed E-state index contributed by atoms with van der Waals surface area (Å²) in [5.74, 6) is 1.53. The normalized spacial score (nSPS) is 23.2. The summed E-state index contributed by atoms with van der Waals surface area (Å²) in [5, 5.41) is 15.4. The zero-order valence-corrected chi connectivity index (χ0v) is 12.4. The molecule has 1 saturated heterocycles. The highest BCUT2D eigenvalue weighted by molar-refractivity contribution is 7.16. The third-order valence-electron chi connectivity index (χ3n) is 3.51. The molecule has 20 heavy (non-hydrogen) atoms. The molecule has 2 atom stereocenters. The lowest BCUT2D eigenvalue weighted by molar-refractivity contribution is -0.0104. The molecular weight excluding hydrogens is 276 g/mol. The first-order chi connectivity index (χ1) is 9.72. The van der Waals surface area contributed by atoms with E-state index in [-0.39, 0.29) is 18.8 Å². The molecule has 0 spiro atoms. The Hall–Kier alpha value is -1.44. The molecule has 2 unspecified atom stereocenters. The SMILES string of the molecule is CNc1nc(N2CC(CO)OCC2C)c2ccsc2n1. The number of morpholine rings is 1. The maximum absolute atomic E-state index is 9.32. The minimum atomic E-state index is -0.159. The molecule has 0 amide bonds. The Labute approximate surface area is 121 Å². The van der Waals surface area contributed by atoms with Gasteiger partial charge in [-0.2, -0.15) is 4.98 Å². The first-order valence-electron chi connectivity index (χ1n) is 6.65. The van der Waals surface area contributed by atoms with Gasteiger partial charge in [-0.05, 0) is 18.4 Å². The lowest BCUT2D eigenvalue weighted by atomic mass is 10.2. The van der Waals surface area contributed by atoms with Gasteiger partial charge >= 0.3 is 0 Å². The molecule has 2 aromatic heterocycles. The highest BCUT2D eigenvalue weighted by Crippen LogP contribution is 2.31. The molecule has 0 aliphatic carbocycles. The van der Waals surface area contributed by atoms with E-state index < -0.39 is 0 Å². The summed E-state index contributed by atoms with van der Waals surface area (Å²) in [6.07, 6.45) is -0.159. The van der Waals surface area contributed by atoms with Gasteiger partial charge in [-0.1, -0.05) is 0 Å². The fraction of sp³-hybridized carbons (Fsp3) is 0.538. The van der Waals surface area contributed by atoms with Crippen molar-refractivity contribution in [1.29, 1.82) is 0 Å². The average Bonchev–Trinajstić information content (AvgIpc) is 2.95. The Bertz CT molecular complexity index is 603. The van der Waals surface area contributed by atoms with Gasteiger partial charge in [-0.3, -0.25) is 0 Å². The molecule has 0 radical (unpaired) electrons. The highest BCUT2D eigenvalue weighted by atomic mass is 32.1. The number of aliphatic hydroxyl groups excluding tert-OH is 1. The molecule has 2 N–H and O–H groups in total. The first-order valence-corrected chi connectivity index (χ1v) is 7.53. The molecule has 1 aliphatic heterocycles. The van der Waals surface area contributed by atoms with Gasteiger partial charge in [-0.25, -0.2) is 4.98 Å². The number of aliphatic hydroxyl groups is 1. The van der Waals surface area contributed by atoms with Crippen molar-refractivity contribution in [2.75, 3.05) is 37.0 Å². The van der Waals surface area contributed by atoms with E-state index >= 15 is 0 Å². The van der Waals surface area contributed by atoms with Crippen LogP contribution in [0.4, 0.5) is 11.8 Å². The van der Waals surface area contributed by atoms with E-state index in [1.54, 1.807) is 11.3 Å². The van der Waals surface area contributed by atoms with Crippen LogP contribution in [-0.4, -0.2) is 54.0 Å². The van der Waals surface area contributed by atoms with Gasteiger partial charge in [0.25, 0.3) is 0 Å². The molecule has 108 valence electrons. The summed E-state index contributed by atoms with van der Waals surface area (Å²) < 4.78 is 5.59. The molecule has 2 aromatic rings. The third kappa shape index (κ3) is 2.32. The Kier molecular flexibility index (Phi) is 3.73. The van der Waals surface area contributed by atoms with Crippen LogP contribution in [0.1, 0.15) is 6.92 Å². The van der Waals surface area contributed by atoms with Gasteiger partial charge in [0.05, 0.1) is 30.7 Å². The predicted octanol–water partition coefficient (Wildman–Crippen LogP) is 1.32. The van der Waals surface area contributed by atoms with Crippen LogP contribution in [0.3, 0.4) is 0 Å². The molecule has 0 aromatic carbocycles. The van der Waals surface area contributed by atoms with Crippen LogP contribution in [0.5, 0.6) is 0 Å². The summed E-state index contributed by atoms with van der Waals surface area (Å²) in [5.41, 5.74) is 0. The first kappa shape index (κ1) is 13.5. The van der Waals surface area contributed by atoms with Gasteiger partial charge in [-0.15, -0.1) is 11.3 Å². The van der Waals surface area contributed by atoms with E-state index in [0.29, 0.717) is 19.1 Å². The second-order valence-corrected chi connectivity index (χ2v) is 5.79. The van der Waals surface area contributed by atoms with Gasteiger partial charge < -0.3 is 20.1 Å². The van der Waals surface area contributed by atoms with Crippen molar-refractivity contribution in [1.82, 2.24) is 9.97 Å². The Morgan fingerprint density at radius 3 is 3.15 bits per heavy atom. The van der Waals surface area contributed by atoms with Crippen molar-refractivity contribution in [3.8, 4) is 0 Å². The number of nitrogens with one attached hydrogen (secondary N) is 1. The van der Waals surface area contributed by atoms with Gasteiger partial charge in [0, 0.05) is 13.6 Å². The zero-order chi connectivity index (χ0) is 14.1. The number of hydrogen-bond donors (Lipinski definition) is 2. The number of fused-ring (bicyclic) bond motifs is 1. The molecule has 3 rings (SSSR count). The van der Waals surface area contributed by atoms with Crippen LogP contribution in [0, 0.1) is 0 Å². The third-order valence-corrected chi connectivity index (χ3v) is 4.32. The number of rotatable bonds is 3. The zero-order valence-electron chi connectivity index (χ0n) is 11.5. The quantitative estimate of drug-likeness (QED) is 0.889. The van der Waals surface area contributed by atoms with Crippen molar-refractivity contribution in [3.05, 3.63) is 11.4 Å². The molecular formula is C13H18N4O2S. The van der Waals surface area contributed by atoms with E-state index in [1.807, 2.05) is 18.5 Å². The number of ether oxygens (including phenoxy) is 1. The second-order valence-electron chi connectivity index (χ2n) is 4.90. The fourth-order valence-electron chi connectivity index (χ4n) is 2.39. The molecule has 6 nitrogen and oxygen atoms in total. The number of thiophene rings is 1. The summed E-state index contributed by atoms with van der Waals surface area (Å²) in [7, 11) is 1.82. The maximum Gasteiger partial charge on any atom is 0.225 e. The second kappa shape index (κ2) is 5.51. The van der Waals surface area contributed by atoms with Crippen molar-refractivity contribution < 1.29 is 9.84 Å². The van der Waals surface area contributed by atoms with Crippen LogP contribution < -0.4 is 10.2 Å². The van der Waals surface area contributed by atoms with Crippen molar-refractivity contribution >= 4 is 33.3 Å². The van der Waals surface area contributed by atoms with E-state index in [9.17, 15) is 5.11 Å². The predicted molar refractivity (Wildman–Crippen MR) is 80.6 cm³/mol. The van der Waals surface area contributed by atoms with E-state index in [4.69, 9.17) is 4.74 Å². The minimum Gasteiger partial charge on any atom is -0.394 e. The number of aromatic nitrogens is 2. The summed E-state index contributed by atoms with van der Waals surface area (Å²) >= 11 is 1.60. The van der Waals surface area contributed by atoms with Gasteiger partial charge in [0.15, 0.2) is 0 Å². The van der Waals surface area contributed by atoms with Crippen LogP contribution in [-0.2, 0) is 4.74 Å². The van der Waals surface area contributed by atoms with Crippen LogP contribution in [0.2, 0.25) is 0 Å². The van der Waals surface area contributed by atoms with Crippen LogP contribution >= 0.6 is 11.3 Å². The Morgan fingerprint density at radius 2 is 2.40 bits per heavy atom. The van der Waals surface area contributed by atoms with Crippen molar-refractivity contribution in [2.45, 2.75) is 19.1 Å². The summed E-state index contributed by atoms with van der Waals surface area (Å²) in [4.78, 5) is 12.2. The largest absolute Gasteiger partial charge is 0.394 e. The van der Waals surface area contributed by atoms with Gasteiger partial charge in [0.1, 0.15) is 10.6 Å². The van der Waals surface area contributed by atoms with E-state index in [2.05, 4.69) is 27.1 Å². The van der Waals surface area contributed by atoms with E-state index in [0.717, 1.165) is 16.0 Å². The standard InChI is InChI=1S/C13H18N4O2S/c1-8-7-19-9(6-18)5-17(8)11-10-3-4-20-12(10)16-13(14-2)15-11/h3-4,8-9,18H,5-7H2,1-2H3,(H,14,15,16).